The molecule has 2 amide bonds. The molecule has 0 aromatic heterocycles. The summed E-state index contributed by atoms with van der Waals surface area (Å²) in [4.78, 5) is 14.3. The first-order valence-corrected chi connectivity index (χ1v) is 9.72. The smallest absolute Gasteiger partial charge is 0.318 e. The van der Waals surface area contributed by atoms with Crippen molar-refractivity contribution in [1.82, 2.24) is 10.2 Å². The summed E-state index contributed by atoms with van der Waals surface area (Å²) in [6.45, 7) is 0.696. The third kappa shape index (κ3) is 3.60. The molecular formula is C16H22N2O4S. The maximum absolute atomic E-state index is 12.5. The van der Waals surface area contributed by atoms with Crippen molar-refractivity contribution in [3.05, 3.63) is 29.8 Å². The Morgan fingerprint density at radius 2 is 2.00 bits per heavy atom. The lowest BCUT2D eigenvalue weighted by Crippen LogP contribution is -2.45. The molecule has 0 unspecified atom stereocenters. The molecule has 3 rings (SSSR count). The molecule has 126 valence electrons. The van der Waals surface area contributed by atoms with Crippen LogP contribution in [-0.2, 0) is 9.84 Å². The lowest BCUT2D eigenvalue weighted by Gasteiger charge is -2.27. The number of hydrogen-bond donors (Lipinski definition) is 1. The highest BCUT2D eigenvalue weighted by atomic mass is 32.2. The Morgan fingerprint density at radius 1 is 1.26 bits per heavy atom. The first-order chi connectivity index (χ1) is 11.0. The van der Waals surface area contributed by atoms with E-state index in [1.807, 2.05) is 29.2 Å². The lowest BCUT2D eigenvalue weighted by molar-refractivity contribution is 0.190. The van der Waals surface area contributed by atoms with Gasteiger partial charge in [-0.25, -0.2) is 13.2 Å². The van der Waals surface area contributed by atoms with Crippen molar-refractivity contribution in [2.24, 2.45) is 0 Å². The molecule has 0 saturated carbocycles. The van der Waals surface area contributed by atoms with Crippen LogP contribution in [0.1, 0.15) is 30.9 Å². The predicted molar refractivity (Wildman–Crippen MR) is 87.3 cm³/mol. The average molecular weight is 338 g/mol. The fourth-order valence-corrected chi connectivity index (χ4v) is 5.02. The number of benzene rings is 1. The van der Waals surface area contributed by atoms with E-state index in [-0.39, 0.29) is 29.6 Å². The molecule has 2 atom stereocenters. The first-order valence-electron chi connectivity index (χ1n) is 7.90. The summed E-state index contributed by atoms with van der Waals surface area (Å²) in [5, 5.41) is 2.88. The van der Waals surface area contributed by atoms with Crippen molar-refractivity contribution in [3.8, 4) is 5.75 Å². The topological polar surface area (TPSA) is 75.7 Å². The third-order valence-corrected chi connectivity index (χ3v) is 6.34. The molecule has 0 spiro atoms. The highest BCUT2D eigenvalue weighted by molar-refractivity contribution is 7.91. The summed E-state index contributed by atoms with van der Waals surface area (Å²) >= 11 is 0. The molecule has 23 heavy (non-hydrogen) atoms. The number of urea groups is 1. The molecular weight excluding hydrogens is 316 g/mol. The number of sulfone groups is 1. The number of nitrogens with zero attached hydrogens (tertiary/aromatic N) is 1. The van der Waals surface area contributed by atoms with Crippen LogP contribution < -0.4 is 10.1 Å². The monoisotopic (exact) mass is 338 g/mol. The molecule has 2 fully saturated rings. The zero-order chi connectivity index (χ0) is 16.4. The number of likely N-dealkylation sites (tertiary alicyclic amines) is 1. The number of nitrogens with one attached hydrogen (secondary N) is 1. The number of hydrogen-bond acceptors (Lipinski definition) is 4. The van der Waals surface area contributed by atoms with E-state index >= 15 is 0 Å². The molecule has 2 aliphatic rings. The normalized spacial score (nSPS) is 26.2. The number of rotatable bonds is 3. The maximum Gasteiger partial charge on any atom is 0.318 e. The van der Waals surface area contributed by atoms with E-state index in [9.17, 15) is 13.2 Å². The molecule has 2 aliphatic heterocycles. The van der Waals surface area contributed by atoms with Gasteiger partial charge in [-0.3, -0.25) is 0 Å². The van der Waals surface area contributed by atoms with Crippen molar-refractivity contribution in [3.63, 3.8) is 0 Å². The molecule has 0 aliphatic carbocycles. The average Bonchev–Trinajstić information content (AvgIpc) is 3.14. The van der Waals surface area contributed by atoms with Crippen molar-refractivity contribution in [2.75, 3.05) is 25.2 Å². The van der Waals surface area contributed by atoms with Gasteiger partial charge in [0.05, 0.1) is 24.7 Å². The van der Waals surface area contributed by atoms with Gasteiger partial charge < -0.3 is 15.0 Å². The number of amides is 2. The fourth-order valence-electron chi connectivity index (χ4n) is 3.35. The van der Waals surface area contributed by atoms with Gasteiger partial charge in [-0.15, -0.1) is 0 Å². The van der Waals surface area contributed by atoms with Crippen LogP contribution in [0.5, 0.6) is 5.75 Å². The van der Waals surface area contributed by atoms with Crippen LogP contribution >= 0.6 is 0 Å². The SMILES string of the molecule is COc1ccc([C@H]2CCCN2C(=O)N[C@@H]2CCS(=O)(=O)C2)cc1. The Morgan fingerprint density at radius 3 is 2.61 bits per heavy atom. The van der Waals surface area contributed by atoms with E-state index in [4.69, 9.17) is 4.74 Å². The second-order valence-corrected chi connectivity index (χ2v) is 8.40. The molecule has 0 bridgehead atoms. The molecule has 2 saturated heterocycles. The first kappa shape index (κ1) is 16.1. The van der Waals surface area contributed by atoms with Crippen molar-refractivity contribution in [1.29, 1.82) is 0 Å². The molecule has 6 nitrogen and oxygen atoms in total. The Kier molecular flexibility index (Phi) is 4.48. The largest absolute Gasteiger partial charge is 0.497 e. The van der Waals surface area contributed by atoms with Crippen LogP contribution in [0.2, 0.25) is 0 Å². The van der Waals surface area contributed by atoms with Crippen LogP contribution in [0.4, 0.5) is 4.79 Å². The summed E-state index contributed by atoms with van der Waals surface area (Å²) in [5.41, 5.74) is 1.08. The Labute approximate surface area is 136 Å². The van der Waals surface area contributed by atoms with Crippen molar-refractivity contribution < 1.29 is 17.9 Å². The number of ether oxygens (including phenoxy) is 1. The van der Waals surface area contributed by atoms with Gasteiger partial charge >= 0.3 is 6.03 Å². The summed E-state index contributed by atoms with van der Waals surface area (Å²) in [5.74, 6) is 1.01. The number of carbonyl (C=O) groups is 1. The van der Waals surface area contributed by atoms with Gasteiger partial charge in [-0.2, -0.15) is 0 Å². The van der Waals surface area contributed by atoms with E-state index in [1.54, 1.807) is 7.11 Å². The van der Waals surface area contributed by atoms with E-state index < -0.39 is 9.84 Å². The number of carbonyl (C=O) groups excluding carboxylic acids is 1. The van der Waals surface area contributed by atoms with Crippen LogP contribution in [0.25, 0.3) is 0 Å². The Balaban J connectivity index is 1.67. The highest BCUT2D eigenvalue weighted by Gasteiger charge is 2.34. The van der Waals surface area contributed by atoms with Gasteiger partial charge in [0.25, 0.3) is 0 Å². The van der Waals surface area contributed by atoms with Crippen molar-refractivity contribution >= 4 is 15.9 Å². The van der Waals surface area contributed by atoms with Crippen LogP contribution in [0, 0.1) is 0 Å². The minimum absolute atomic E-state index is 0.0407. The molecule has 7 heteroatoms. The summed E-state index contributed by atoms with van der Waals surface area (Å²) < 4.78 is 28.2. The second kappa shape index (κ2) is 6.39. The summed E-state index contributed by atoms with van der Waals surface area (Å²) in [7, 11) is -1.36. The van der Waals surface area contributed by atoms with E-state index in [1.165, 1.54) is 0 Å². The van der Waals surface area contributed by atoms with Gasteiger partial charge in [-0.1, -0.05) is 12.1 Å². The van der Waals surface area contributed by atoms with Gasteiger partial charge in [-0.05, 0) is 37.0 Å². The summed E-state index contributed by atoms with van der Waals surface area (Å²) in [6, 6.07) is 7.37. The molecule has 1 N–H and O–H groups in total. The predicted octanol–water partition coefficient (Wildman–Crippen LogP) is 1.73. The number of methoxy groups -OCH3 is 1. The summed E-state index contributed by atoms with van der Waals surface area (Å²) in [6.07, 6.45) is 2.38. The highest BCUT2D eigenvalue weighted by Crippen LogP contribution is 2.32. The van der Waals surface area contributed by atoms with E-state index in [0.29, 0.717) is 13.0 Å². The standard InChI is InChI=1S/C16H22N2O4S/c1-22-14-6-4-12(5-7-14)15-3-2-9-18(15)16(19)17-13-8-10-23(20,21)11-13/h4-7,13,15H,2-3,8-11H2,1H3,(H,17,19)/t13-,15-/m1/s1. The molecule has 2 heterocycles. The van der Waals surface area contributed by atoms with Crippen LogP contribution in [-0.4, -0.2) is 50.6 Å². The van der Waals surface area contributed by atoms with Gasteiger partial charge in [0, 0.05) is 12.6 Å². The minimum Gasteiger partial charge on any atom is -0.497 e. The zero-order valence-electron chi connectivity index (χ0n) is 13.2. The van der Waals surface area contributed by atoms with E-state index in [0.717, 1.165) is 24.2 Å². The van der Waals surface area contributed by atoms with Crippen LogP contribution in [0.3, 0.4) is 0 Å². The maximum atomic E-state index is 12.5. The zero-order valence-corrected chi connectivity index (χ0v) is 14.0. The third-order valence-electron chi connectivity index (χ3n) is 4.57. The molecule has 1 aromatic rings. The van der Waals surface area contributed by atoms with Gasteiger partial charge in [0.2, 0.25) is 0 Å². The van der Waals surface area contributed by atoms with Crippen molar-refractivity contribution in [2.45, 2.75) is 31.3 Å². The van der Waals surface area contributed by atoms with E-state index in [2.05, 4.69) is 5.32 Å². The molecule has 0 radical (unpaired) electrons. The van der Waals surface area contributed by atoms with Gasteiger partial charge in [0.1, 0.15) is 5.75 Å². The van der Waals surface area contributed by atoms with Gasteiger partial charge in [0.15, 0.2) is 9.84 Å². The second-order valence-electron chi connectivity index (χ2n) is 6.17. The lowest BCUT2D eigenvalue weighted by atomic mass is 10.0. The Bertz CT molecular complexity index is 672. The van der Waals surface area contributed by atoms with Crippen LogP contribution in [0.15, 0.2) is 24.3 Å². The quantitative estimate of drug-likeness (QED) is 0.911. The minimum atomic E-state index is -2.99. The fraction of sp³-hybridized carbons (Fsp3) is 0.562. The Hall–Kier alpha value is -1.76. The molecule has 1 aromatic carbocycles.